The third kappa shape index (κ3) is 9.64. The normalized spacial score (nSPS) is 12.5. The molecule has 0 aliphatic rings. The van der Waals surface area contributed by atoms with E-state index in [0.29, 0.717) is 0 Å². The van der Waals surface area contributed by atoms with Crippen molar-refractivity contribution in [2.45, 2.75) is 51.6 Å². The molecular weight excluding hydrogens is 196 g/mol. The van der Waals surface area contributed by atoms with Crippen molar-refractivity contribution in [2.75, 3.05) is 0 Å². The highest BCUT2D eigenvalue weighted by atomic mass is 35.5. The minimum Gasteiger partial charge on any atom is -0.380 e. The number of unbranched alkanes of at least 4 members (excludes halogenated alkanes) is 4. The van der Waals surface area contributed by atoms with E-state index in [9.17, 15) is 5.11 Å². The predicted octanol–water partition coefficient (Wildman–Crippen LogP) is 3.46. The molecular formula is C12H19ClO. The van der Waals surface area contributed by atoms with Crippen LogP contribution in [0.2, 0.25) is 0 Å². The van der Waals surface area contributed by atoms with Gasteiger partial charge in [-0.25, -0.2) is 0 Å². The average molecular weight is 215 g/mol. The summed E-state index contributed by atoms with van der Waals surface area (Å²) < 4.78 is 0. The van der Waals surface area contributed by atoms with E-state index in [0.717, 1.165) is 12.8 Å². The second kappa shape index (κ2) is 10.6. The molecule has 2 heteroatoms. The van der Waals surface area contributed by atoms with Crippen LogP contribution >= 0.6 is 11.6 Å². The van der Waals surface area contributed by atoms with Crippen LogP contribution in [-0.2, 0) is 0 Å². The van der Waals surface area contributed by atoms with Gasteiger partial charge in [0, 0.05) is 5.54 Å². The maximum atomic E-state index is 9.38. The highest BCUT2D eigenvalue weighted by Crippen LogP contribution is 2.06. The molecule has 1 nitrogen and oxygen atoms in total. The summed E-state index contributed by atoms with van der Waals surface area (Å²) in [6.07, 6.45) is 7.86. The second-order valence-electron chi connectivity index (χ2n) is 3.30. The molecule has 0 saturated heterocycles. The van der Waals surface area contributed by atoms with Crippen LogP contribution in [0.4, 0.5) is 0 Å². The Morgan fingerprint density at radius 3 is 2.64 bits per heavy atom. The van der Waals surface area contributed by atoms with Crippen molar-refractivity contribution in [3.63, 3.8) is 0 Å². The molecule has 0 aromatic carbocycles. The van der Waals surface area contributed by atoms with E-state index in [1.165, 1.54) is 37.3 Å². The zero-order valence-electron chi connectivity index (χ0n) is 8.80. The highest BCUT2D eigenvalue weighted by molar-refractivity contribution is 6.25. The van der Waals surface area contributed by atoms with E-state index < -0.39 is 6.10 Å². The van der Waals surface area contributed by atoms with E-state index in [1.807, 2.05) is 0 Å². The van der Waals surface area contributed by atoms with Gasteiger partial charge in [-0.15, -0.1) is 0 Å². The molecule has 0 radical (unpaired) electrons. The lowest BCUT2D eigenvalue weighted by molar-refractivity contribution is 0.217. The Morgan fingerprint density at radius 1 is 1.29 bits per heavy atom. The highest BCUT2D eigenvalue weighted by Gasteiger charge is 1.97. The molecule has 0 aromatic heterocycles. The molecule has 0 heterocycles. The molecule has 1 N–H and O–H groups in total. The van der Waals surface area contributed by atoms with Gasteiger partial charge in [0.15, 0.2) is 0 Å². The van der Waals surface area contributed by atoms with Crippen molar-refractivity contribution < 1.29 is 5.11 Å². The first kappa shape index (κ1) is 13.5. The standard InChI is InChI=1S/C12H19ClO/c1-2-3-4-5-6-9-12(14)10-7-8-11-13/h8,11-12,14H,2-6,9H2,1H3/b11-8+/t12-/m0/s1. The Balaban J connectivity index is 3.36. The van der Waals surface area contributed by atoms with Crippen LogP contribution in [0.15, 0.2) is 11.6 Å². The van der Waals surface area contributed by atoms with Crippen LogP contribution in [0.5, 0.6) is 0 Å². The number of rotatable bonds is 6. The quantitative estimate of drug-likeness (QED) is 0.530. The minimum absolute atomic E-state index is 0.496. The van der Waals surface area contributed by atoms with Gasteiger partial charge in [-0.05, 0) is 18.9 Å². The Bertz CT molecular complexity index is 200. The molecule has 0 aromatic rings. The van der Waals surface area contributed by atoms with Gasteiger partial charge in [0.2, 0.25) is 0 Å². The van der Waals surface area contributed by atoms with E-state index >= 15 is 0 Å². The number of allylic oxidation sites excluding steroid dienone is 1. The fraction of sp³-hybridized carbons (Fsp3) is 0.667. The van der Waals surface area contributed by atoms with Crippen molar-refractivity contribution in [2.24, 2.45) is 0 Å². The maximum Gasteiger partial charge on any atom is 0.115 e. The van der Waals surface area contributed by atoms with Crippen LogP contribution in [0, 0.1) is 11.8 Å². The number of hydrogen-bond acceptors (Lipinski definition) is 1. The third-order valence-corrected chi connectivity index (χ3v) is 2.10. The predicted molar refractivity (Wildman–Crippen MR) is 62.2 cm³/mol. The van der Waals surface area contributed by atoms with E-state index in [-0.39, 0.29) is 0 Å². The Labute approximate surface area is 92.2 Å². The van der Waals surface area contributed by atoms with Crippen molar-refractivity contribution in [3.8, 4) is 11.8 Å². The number of halogens is 1. The fourth-order valence-electron chi connectivity index (χ4n) is 1.19. The smallest absolute Gasteiger partial charge is 0.115 e. The number of aliphatic hydroxyl groups excluding tert-OH is 1. The zero-order valence-corrected chi connectivity index (χ0v) is 9.56. The van der Waals surface area contributed by atoms with E-state index in [1.54, 1.807) is 0 Å². The van der Waals surface area contributed by atoms with Crippen molar-refractivity contribution in [3.05, 3.63) is 11.6 Å². The third-order valence-electron chi connectivity index (χ3n) is 1.98. The van der Waals surface area contributed by atoms with Gasteiger partial charge in [0.25, 0.3) is 0 Å². The lowest BCUT2D eigenvalue weighted by Gasteiger charge is -2.02. The minimum atomic E-state index is -0.496. The Kier molecular flexibility index (Phi) is 10.3. The maximum absolute atomic E-state index is 9.38. The summed E-state index contributed by atoms with van der Waals surface area (Å²) in [5, 5.41) is 9.38. The van der Waals surface area contributed by atoms with Crippen LogP contribution in [0.1, 0.15) is 45.4 Å². The average Bonchev–Trinajstić information content (AvgIpc) is 2.18. The zero-order chi connectivity index (χ0) is 10.6. The molecule has 0 unspecified atom stereocenters. The summed E-state index contributed by atoms with van der Waals surface area (Å²) in [7, 11) is 0. The van der Waals surface area contributed by atoms with E-state index in [2.05, 4.69) is 18.8 Å². The summed E-state index contributed by atoms with van der Waals surface area (Å²) in [6, 6.07) is 0. The van der Waals surface area contributed by atoms with Crippen molar-refractivity contribution in [1.29, 1.82) is 0 Å². The van der Waals surface area contributed by atoms with Crippen LogP contribution in [0.3, 0.4) is 0 Å². The molecule has 0 saturated carbocycles. The van der Waals surface area contributed by atoms with Crippen LogP contribution in [-0.4, -0.2) is 11.2 Å². The van der Waals surface area contributed by atoms with E-state index in [4.69, 9.17) is 11.6 Å². The van der Waals surface area contributed by atoms with Gasteiger partial charge in [0.05, 0.1) is 0 Å². The molecule has 0 amide bonds. The first-order valence-corrected chi connectivity index (χ1v) is 5.69. The van der Waals surface area contributed by atoms with Gasteiger partial charge >= 0.3 is 0 Å². The second-order valence-corrected chi connectivity index (χ2v) is 3.55. The molecule has 0 rings (SSSR count). The molecule has 0 bridgehead atoms. The van der Waals surface area contributed by atoms with Gasteiger partial charge in [-0.3, -0.25) is 0 Å². The van der Waals surface area contributed by atoms with Crippen molar-refractivity contribution >= 4 is 11.6 Å². The number of aliphatic hydroxyl groups is 1. The SMILES string of the molecule is CCCCCCC[C@H](O)C#C/C=C/Cl. The molecule has 14 heavy (non-hydrogen) atoms. The number of hydrogen-bond donors (Lipinski definition) is 1. The van der Waals surface area contributed by atoms with Gasteiger partial charge < -0.3 is 5.11 Å². The first-order chi connectivity index (χ1) is 6.81. The van der Waals surface area contributed by atoms with Crippen LogP contribution in [0.25, 0.3) is 0 Å². The van der Waals surface area contributed by atoms with Gasteiger partial charge in [-0.2, -0.15) is 0 Å². The summed E-state index contributed by atoms with van der Waals surface area (Å²) in [6.45, 7) is 2.19. The molecule has 0 spiro atoms. The summed E-state index contributed by atoms with van der Waals surface area (Å²) in [5.74, 6) is 5.38. The summed E-state index contributed by atoms with van der Waals surface area (Å²) in [5.41, 5.74) is 1.35. The molecule has 1 atom stereocenters. The summed E-state index contributed by atoms with van der Waals surface area (Å²) >= 11 is 5.28. The molecule has 0 aliphatic carbocycles. The Morgan fingerprint density at radius 2 is 2.00 bits per heavy atom. The Hall–Kier alpha value is -0.450. The molecule has 0 fully saturated rings. The lowest BCUT2D eigenvalue weighted by atomic mass is 10.1. The topological polar surface area (TPSA) is 20.2 Å². The lowest BCUT2D eigenvalue weighted by Crippen LogP contribution is -2.01. The molecule has 0 aliphatic heterocycles. The first-order valence-electron chi connectivity index (χ1n) is 5.25. The van der Waals surface area contributed by atoms with Crippen molar-refractivity contribution in [1.82, 2.24) is 0 Å². The fourth-order valence-corrected chi connectivity index (χ4v) is 1.25. The largest absolute Gasteiger partial charge is 0.380 e. The monoisotopic (exact) mass is 214 g/mol. The molecule has 80 valence electrons. The van der Waals surface area contributed by atoms with Gasteiger partial charge in [-0.1, -0.05) is 56.0 Å². The van der Waals surface area contributed by atoms with Crippen LogP contribution < -0.4 is 0 Å². The summed E-state index contributed by atoms with van der Waals surface area (Å²) in [4.78, 5) is 0. The van der Waals surface area contributed by atoms with Gasteiger partial charge in [0.1, 0.15) is 6.10 Å².